The molecule has 0 N–H and O–H groups in total. The third-order valence-electron chi connectivity index (χ3n) is 4.19. The molecule has 3 aromatic rings. The molecule has 1 fully saturated rings. The topological polar surface area (TPSA) is 80.0 Å². The Labute approximate surface area is 158 Å². The number of amidine groups is 1. The van der Waals surface area contributed by atoms with Crippen molar-refractivity contribution in [2.24, 2.45) is 4.99 Å². The minimum Gasteiger partial charge on any atom is -0.422 e. The number of hydrogen-bond acceptors (Lipinski definition) is 5. The van der Waals surface area contributed by atoms with Crippen LogP contribution in [0, 0.1) is 6.92 Å². The summed E-state index contributed by atoms with van der Waals surface area (Å²) in [6.45, 7) is 1.88. The van der Waals surface area contributed by atoms with Crippen molar-refractivity contribution in [3.05, 3.63) is 76.1 Å². The molecule has 6 nitrogen and oxygen atoms in total. The number of nitrogens with zero attached hydrogens (tertiary/aromatic N) is 2. The molecule has 134 valence electrons. The zero-order valence-electron chi connectivity index (χ0n) is 14.3. The van der Waals surface area contributed by atoms with E-state index in [0.29, 0.717) is 16.7 Å². The highest BCUT2D eigenvalue weighted by atomic mass is 32.2. The number of carbonyl (C=O) groups excluding carboxylic acids is 2. The van der Waals surface area contributed by atoms with Gasteiger partial charge in [-0.2, -0.15) is 4.99 Å². The van der Waals surface area contributed by atoms with Gasteiger partial charge in [-0.15, -0.1) is 0 Å². The lowest BCUT2D eigenvalue weighted by atomic mass is 10.2. The normalized spacial score (nSPS) is 15.7. The second-order valence-corrected chi connectivity index (χ2v) is 6.93. The van der Waals surface area contributed by atoms with Gasteiger partial charge in [0.15, 0.2) is 5.17 Å². The van der Waals surface area contributed by atoms with Gasteiger partial charge in [-0.25, -0.2) is 4.79 Å². The van der Waals surface area contributed by atoms with E-state index in [1.54, 1.807) is 30.3 Å². The SMILES string of the molecule is Cc1ccccc1N1C(=O)CSC1=NC(=O)c1cc2ccccc2oc1=O. The van der Waals surface area contributed by atoms with Crippen LogP contribution in [0.3, 0.4) is 0 Å². The Morgan fingerprint density at radius 2 is 1.85 bits per heavy atom. The van der Waals surface area contributed by atoms with Crippen molar-refractivity contribution < 1.29 is 14.0 Å². The average molecular weight is 378 g/mol. The Kier molecular flexibility index (Phi) is 4.37. The number of rotatable bonds is 2. The third-order valence-corrected chi connectivity index (χ3v) is 5.11. The molecule has 1 aromatic heterocycles. The van der Waals surface area contributed by atoms with E-state index < -0.39 is 11.5 Å². The molecule has 0 unspecified atom stereocenters. The summed E-state index contributed by atoms with van der Waals surface area (Å²) in [7, 11) is 0. The molecule has 0 saturated carbocycles. The van der Waals surface area contributed by atoms with Crippen LogP contribution in [0.1, 0.15) is 15.9 Å². The second kappa shape index (κ2) is 6.85. The quantitative estimate of drug-likeness (QED) is 0.639. The van der Waals surface area contributed by atoms with Crippen LogP contribution in [0.15, 0.2) is 68.8 Å². The molecule has 1 saturated heterocycles. The van der Waals surface area contributed by atoms with Gasteiger partial charge in [0.1, 0.15) is 11.1 Å². The molecule has 0 aliphatic carbocycles. The number of para-hydroxylation sites is 2. The smallest absolute Gasteiger partial charge is 0.349 e. The Balaban J connectivity index is 1.75. The van der Waals surface area contributed by atoms with Crippen LogP contribution in [0.4, 0.5) is 5.69 Å². The lowest BCUT2D eigenvalue weighted by Gasteiger charge is -2.17. The Bertz CT molecular complexity index is 1170. The van der Waals surface area contributed by atoms with Gasteiger partial charge in [-0.05, 0) is 30.7 Å². The van der Waals surface area contributed by atoms with E-state index in [9.17, 15) is 14.4 Å². The van der Waals surface area contributed by atoms with Crippen LogP contribution in [0.5, 0.6) is 0 Å². The van der Waals surface area contributed by atoms with Gasteiger partial charge in [-0.1, -0.05) is 48.2 Å². The van der Waals surface area contributed by atoms with Gasteiger partial charge >= 0.3 is 5.63 Å². The number of thioether (sulfide) groups is 1. The molecule has 1 aliphatic heterocycles. The van der Waals surface area contributed by atoms with Gasteiger partial charge in [0.25, 0.3) is 5.91 Å². The summed E-state index contributed by atoms with van der Waals surface area (Å²) in [6.07, 6.45) is 0. The van der Waals surface area contributed by atoms with Crippen LogP contribution < -0.4 is 10.5 Å². The molecule has 2 heterocycles. The summed E-state index contributed by atoms with van der Waals surface area (Å²) < 4.78 is 5.20. The Morgan fingerprint density at radius 1 is 1.11 bits per heavy atom. The van der Waals surface area contributed by atoms with Gasteiger partial charge in [0.2, 0.25) is 5.91 Å². The van der Waals surface area contributed by atoms with E-state index in [0.717, 1.165) is 5.56 Å². The molecule has 0 spiro atoms. The third kappa shape index (κ3) is 3.17. The van der Waals surface area contributed by atoms with Crippen LogP contribution in [-0.4, -0.2) is 22.7 Å². The summed E-state index contributed by atoms with van der Waals surface area (Å²) in [4.78, 5) is 42.6. The predicted molar refractivity (Wildman–Crippen MR) is 105 cm³/mol. The van der Waals surface area contributed by atoms with E-state index >= 15 is 0 Å². The monoisotopic (exact) mass is 378 g/mol. The summed E-state index contributed by atoms with van der Waals surface area (Å²) in [5.74, 6) is -0.705. The fourth-order valence-electron chi connectivity index (χ4n) is 2.85. The first-order valence-electron chi connectivity index (χ1n) is 8.22. The molecule has 0 bridgehead atoms. The molecule has 2 aromatic carbocycles. The molecular formula is C20H14N2O4S. The number of benzene rings is 2. The highest BCUT2D eigenvalue weighted by Gasteiger charge is 2.31. The largest absolute Gasteiger partial charge is 0.422 e. The lowest BCUT2D eigenvalue weighted by Crippen LogP contribution is -2.30. The minimum absolute atomic E-state index is 0.161. The lowest BCUT2D eigenvalue weighted by molar-refractivity contribution is -0.115. The minimum atomic E-state index is -0.750. The maximum Gasteiger partial charge on any atom is 0.349 e. The molecule has 1 aliphatic rings. The second-order valence-electron chi connectivity index (χ2n) is 5.99. The van der Waals surface area contributed by atoms with Crippen LogP contribution in [0.25, 0.3) is 11.0 Å². The number of hydrogen-bond donors (Lipinski definition) is 0. The predicted octanol–water partition coefficient (Wildman–Crippen LogP) is 3.38. The maximum atomic E-state index is 12.6. The zero-order valence-corrected chi connectivity index (χ0v) is 15.2. The van der Waals surface area contributed by atoms with E-state index in [1.165, 1.54) is 22.7 Å². The van der Waals surface area contributed by atoms with Crippen LogP contribution >= 0.6 is 11.8 Å². The zero-order chi connectivity index (χ0) is 19.0. The molecule has 0 atom stereocenters. The van der Waals surface area contributed by atoms with Crippen LogP contribution in [-0.2, 0) is 4.79 Å². The van der Waals surface area contributed by atoms with E-state index in [4.69, 9.17) is 4.42 Å². The highest BCUT2D eigenvalue weighted by molar-refractivity contribution is 8.15. The first-order valence-corrected chi connectivity index (χ1v) is 9.20. The summed E-state index contributed by atoms with van der Waals surface area (Å²) in [5.41, 5.74) is 1.05. The molecule has 0 radical (unpaired) electrons. The number of aryl methyl sites for hydroxylation is 1. The molecule has 4 rings (SSSR count). The highest BCUT2D eigenvalue weighted by Crippen LogP contribution is 2.29. The van der Waals surface area contributed by atoms with E-state index in [-0.39, 0.29) is 22.4 Å². The van der Waals surface area contributed by atoms with Crippen molar-refractivity contribution >= 4 is 45.4 Å². The number of aliphatic imine (C=N–C) groups is 1. The van der Waals surface area contributed by atoms with Crippen molar-refractivity contribution in [1.82, 2.24) is 0 Å². The van der Waals surface area contributed by atoms with Crippen molar-refractivity contribution in [3.8, 4) is 0 Å². The molecule has 2 amide bonds. The summed E-state index contributed by atoms with van der Waals surface area (Å²) >= 11 is 1.17. The van der Waals surface area contributed by atoms with Crippen molar-refractivity contribution in [3.63, 3.8) is 0 Å². The van der Waals surface area contributed by atoms with Gasteiger partial charge < -0.3 is 4.42 Å². The number of fused-ring (bicyclic) bond motifs is 1. The van der Waals surface area contributed by atoms with Gasteiger partial charge in [0, 0.05) is 5.39 Å². The van der Waals surface area contributed by atoms with Crippen LogP contribution in [0.2, 0.25) is 0 Å². The van der Waals surface area contributed by atoms with E-state index in [2.05, 4.69) is 4.99 Å². The van der Waals surface area contributed by atoms with Crippen molar-refractivity contribution in [1.29, 1.82) is 0 Å². The Morgan fingerprint density at radius 3 is 2.67 bits per heavy atom. The first kappa shape index (κ1) is 17.2. The summed E-state index contributed by atoms with van der Waals surface area (Å²) in [5, 5.41) is 0.887. The average Bonchev–Trinajstić information content (AvgIpc) is 3.01. The molecule has 7 heteroatoms. The molecule has 27 heavy (non-hydrogen) atoms. The fourth-order valence-corrected chi connectivity index (χ4v) is 3.71. The van der Waals surface area contributed by atoms with Gasteiger partial charge in [0.05, 0.1) is 11.4 Å². The maximum absolute atomic E-state index is 12.6. The summed E-state index contributed by atoms with van der Waals surface area (Å²) in [6, 6.07) is 15.8. The van der Waals surface area contributed by atoms with E-state index in [1.807, 2.05) is 25.1 Å². The number of amides is 2. The molecular weight excluding hydrogens is 364 g/mol. The fraction of sp³-hybridized carbons (Fsp3) is 0.100. The first-order chi connectivity index (χ1) is 13.0. The number of anilines is 1. The standard InChI is InChI=1S/C20H14N2O4S/c1-12-6-2-4-8-15(12)22-17(23)11-27-20(22)21-18(24)14-10-13-7-3-5-9-16(13)26-19(14)25/h2-10H,11H2,1H3. The number of carbonyl (C=O) groups is 2. The van der Waals surface area contributed by atoms with Crippen molar-refractivity contribution in [2.75, 3.05) is 10.7 Å². The van der Waals surface area contributed by atoms with Gasteiger partial charge in [-0.3, -0.25) is 14.5 Å². The Hall–Kier alpha value is -3.19. The van der Waals surface area contributed by atoms with Crippen molar-refractivity contribution in [2.45, 2.75) is 6.92 Å².